The van der Waals surface area contributed by atoms with Gasteiger partial charge in [-0.15, -0.1) is 0 Å². The van der Waals surface area contributed by atoms with E-state index in [4.69, 9.17) is 9.47 Å². The van der Waals surface area contributed by atoms with E-state index in [1.807, 2.05) is 6.92 Å². The minimum Gasteiger partial charge on any atom is -0.481 e. The van der Waals surface area contributed by atoms with Crippen LogP contribution in [0.15, 0.2) is 0 Å². The molecule has 0 radical (unpaired) electrons. The third kappa shape index (κ3) is 1.42. The second kappa shape index (κ2) is 3.70. The maximum atomic E-state index is 12.5. The number of ether oxygens (including phenoxy) is 2. The SMILES string of the molecule is CC(C(=O)OC1C2CC3C1OC(=O)C3C2C(=O)O)C12NC1(C)N2. The van der Waals surface area contributed by atoms with Crippen LogP contribution in [0.4, 0.5) is 0 Å². The van der Waals surface area contributed by atoms with E-state index in [0.717, 1.165) is 0 Å². The zero-order valence-electron chi connectivity index (χ0n) is 12.7. The van der Waals surface area contributed by atoms with E-state index in [2.05, 4.69) is 10.6 Å². The third-order valence-electron chi connectivity index (χ3n) is 6.64. The van der Waals surface area contributed by atoms with Crippen LogP contribution in [-0.2, 0) is 23.9 Å². The first-order valence-corrected chi connectivity index (χ1v) is 8.01. The summed E-state index contributed by atoms with van der Waals surface area (Å²) in [6.45, 7) is 3.75. The summed E-state index contributed by atoms with van der Waals surface area (Å²) in [5, 5.41) is 15.8. The summed E-state index contributed by atoms with van der Waals surface area (Å²) in [5.74, 6) is -4.09. The normalized spacial score (nSPS) is 55.1. The van der Waals surface area contributed by atoms with Gasteiger partial charge in [-0.05, 0) is 20.3 Å². The van der Waals surface area contributed by atoms with E-state index in [-0.39, 0.29) is 35.0 Å². The number of carbonyl (C=O) groups is 3. The lowest BCUT2D eigenvalue weighted by atomic mass is 9.78. The zero-order valence-corrected chi connectivity index (χ0v) is 12.7. The van der Waals surface area contributed by atoms with E-state index in [9.17, 15) is 19.5 Å². The fourth-order valence-corrected chi connectivity index (χ4v) is 5.27. The molecule has 2 bridgehead atoms. The van der Waals surface area contributed by atoms with Crippen molar-refractivity contribution in [3.05, 3.63) is 0 Å². The molecule has 0 aromatic rings. The number of carbonyl (C=O) groups excluding carboxylic acids is 2. The smallest absolute Gasteiger partial charge is 0.312 e. The highest BCUT2D eigenvalue weighted by molar-refractivity contribution is 5.85. The van der Waals surface area contributed by atoms with E-state index in [0.29, 0.717) is 6.42 Å². The Labute approximate surface area is 131 Å². The average Bonchev–Trinajstić information content (AvgIpc) is 3.01. The minimum absolute atomic E-state index is 0.136. The summed E-state index contributed by atoms with van der Waals surface area (Å²) in [6.07, 6.45) is -0.546. The number of carboxylic acids is 1. The van der Waals surface area contributed by atoms with Crippen LogP contribution in [0.1, 0.15) is 20.3 Å². The van der Waals surface area contributed by atoms with Gasteiger partial charge in [0.15, 0.2) is 0 Å². The number of aliphatic carboxylic acids is 1. The number of carboxylic acid groups (broad SMARTS) is 1. The van der Waals surface area contributed by atoms with E-state index in [1.54, 1.807) is 6.92 Å². The van der Waals surface area contributed by atoms with Gasteiger partial charge in [-0.1, -0.05) is 0 Å². The molecule has 3 N–H and O–H groups in total. The van der Waals surface area contributed by atoms with Crippen molar-refractivity contribution in [2.24, 2.45) is 29.6 Å². The summed E-state index contributed by atoms with van der Waals surface area (Å²) in [5.41, 5.74) is -0.572. The lowest BCUT2D eigenvalue weighted by Crippen LogP contribution is -2.45. The minimum atomic E-state index is -1.01. The molecule has 0 aromatic heterocycles. The predicted octanol–water partition coefficient (Wildman–Crippen LogP) is -0.955. The second-order valence-corrected chi connectivity index (χ2v) is 7.66. The molecule has 5 aliphatic rings. The number of hydrogen-bond acceptors (Lipinski definition) is 7. The molecule has 0 amide bonds. The Hall–Kier alpha value is -1.67. The summed E-state index contributed by atoms with van der Waals surface area (Å²) in [6, 6.07) is 0. The molecular formula is C15H18N2O6. The topological polar surface area (TPSA) is 134 Å². The van der Waals surface area contributed by atoms with Crippen molar-refractivity contribution in [3.8, 4) is 0 Å². The fraction of sp³-hybridized carbons (Fsp3) is 0.800. The van der Waals surface area contributed by atoms with Crippen LogP contribution < -0.4 is 10.6 Å². The van der Waals surface area contributed by atoms with Crippen LogP contribution in [0.5, 0.6) is 0 Å². The Kier molecular flexibility index (Phi) is 2.21. The highest BCUT2D eigenvalue weighted by atomic mass is 16.6. The molecule has 8 nitrogen and oxygen atoms in total. The fourth-order valence-electron chi connectivity index (χ4n) is 5.27. The first kappa shape index (κ1) is 13.7. The summed E-state index contributed by atoms with van der Waals surface area (Å²) >= 11 is 0. The van der Waals surface area contributed by atoms with Crippen LogP contribution in [-0.4, -0.2) is 46.5 Å². The van der Waals surface area contributed by atoms with Crippen molar-refractivity contribution < 1.29 is 29.0 Å². The van der Waals surface area contributed by atoms with Crippen LogP contribution in [0.3, 0.4) is 0 Å². The Morgan fingerprint density at radius 2 is 2.04 bits per heavy atom. The monoisotopic (exact) mass is 322 g/mol. The Bertz CT molecular complexity index is 656. The Morgan fingerprint density at radius 3 is 2.61 bits per heavy atom. The van der Waals surface area contributed by atoms with Crippen molar-refractivity contribution in [2.45, 2.75) is 43.8 Å². The number of fused-ring (bicyclic) bond motifs is 2. The molecule has 124 valence electrons. The molecule has 3 aliphatic heterocycles. The molecule has 2 saturated carbocycles. The van der Waals surface area contributed by atoms with Gasteiger partial charge < -0.3 is 14.6 Å². The molecule has 0 aromatic carbocycles. The maximum Gasteiger partial charge on any atom is 0.312 e. The Balaban J connectivity index is 1.36. The lowest BCUT2D eigenvalue weighted by Gasteiger charge is -2.30. The van der Waals surface area contributed by atoms with Gasteiger partial charge in [-0.2, -0.15) is 0 Å². The quantitative estimate of drug-likeness (QED) is 0.445. The maximum absolute atomic E-state index is 12.5. The van der Waals surface area contributed by atoms with Gasteiger partial charge >= 0.3 is 17.9 Å². The van der Waals surface area contributed by atoms with Crippen LogP contribution in [0.2, 0.25) is 0 Å². The average molecular weight is 322 g/mol. The molecular weight excluding hydrogens is 304 g/mol. The number of rotatable bonds is 4. The van der Waals surface area contributed by atoms with E-state index < -0.39 is 36.0 Å². The van der Waals surface area contributed by atoms with Crippen LogP contribution >= 0.6 is 0 Å². The van der Waals surface area contributed by atoms with Crippen molar-refractivity contribution in [3.63, 3.8) is 0 Å². The molecule has 5 rings (SSSR count). The van der Waals surface area contributed by atoms with E-state index in [1.165, 1.54) is 0 Å². The Morgan fingerprint density at radius 1 is 1.39 bits per heavy atom. The largest absolute Gasteiger partial charge is 0.481 e. The van der Waals surface area contributed by atoms with Gasteiger partial charge in [0.2, 0.25) is 0 Å². The zero-order chi connectivity index (χ0) is 16.3. The molecule has 3 heterocycles. The summed E-state index contributed by atoms with van der Waals surface area (Å²) in [4.78, 5) is 36.0. The van der Waals surface area contributed by atoms with Gasteiger partial charge in [0.25, 0.3) is 0 Å². The molecule has 0 spiro atoms. The molecule has 23 heavy (non-hydrogen) atoms. The lowest BCUT2D eigenvalue weighted by molar-refractivity contribution is -0.168. The summed E-state index contributed by atoms with van der Waals surface area (Å²) in [7, 11) is 0. The van der Waals surface area contributed by atoms with Gasteiger partial charge in [0, 0.05) is 11.8 Å². The van der Waals surface area contributed by atoms with Crippen molar-refractivity contribution in [2.75, 3.05) is 0 Å². The standard InChI is InChI=1S/C15H18N2O6/c1-4(15-14(2,16-15)17-15)12(20)22-9-5-3-6-8(7(5)11(18)19)13(21)23-10(6)9/h4-10,16-17H,3H2,1-2H3,(H,18,19). The van der Waals surface area contributed by atoms with Gasteiger partial charge in [-0.25, -0.2) is 0 Å². The van der Waals surface area contributed by atoms with Crippen molar-refractivity contribution in [1.82, 2.24) is 10.6 Å². The van der Waals surface area contributed by atoms with Crippen molar-refractivity contribution in [1.29, 1.82) is 0 Å². The molecule has 8 heteroatoms. The first-order chi connectivity index (χ1) is 10.8. The van der Waals surface area contributed by atoms with Gasteiger partial charge in [0.05, 0.1) is 17.8 Å². The van der Waals surface area contributed by atoms with Gasteiger partial charge in [0.1, 0.15) is 23.5 Å². The van der Waals surface area contributed by atoms with Gasteiger partial charge in [-0.3, -0.25) is 25.0 Å². The number of nitrogens with one attached hydrogen (secondary N) is 2. The van der Waals surface area contributed by atoms with Crippen LogP contribution in [0, 0.1) is 29.6 Å². The van der Waals surface area contributed by atoms with Crippen LogP contribution in [0.25, 0.3) is 0 Å². The highest BCUT2D eigenvalue weighted by Crippen LogP contribution is 2.59. The van der Waals surface area contributed by atoms with Crippen molar-refractivity contribution >= 4 is 17.9 Å². The first-order valence-electron chi connectivity index (χ1n) is 8.01. The van der Waals surface area contributed by atoms with E-state index >= 15 is 0 Å². The molecule has 5 fully saturated rings. The molecule has 7 unspecified atom stereocenters. The number of hydrogen-bond donors (Lipinski definition) is 3. The third-order valence-corrected chi connectivity index (χ3v) is 6.64. The highest BCUT2D eigenvalue weighted by Gasteiger charge is 2.84. The molecule has 3 saturated heterocycles. The molecule has 2 aliphatic carbocycles. The predicted molar refractivity (Wildman–Crippen MR) is 72.5 cm³/mol. The summed E-state index contributed by atoms with van der Waals surface area (Å²) < 4.78 is 11.0. The molecule has 7 atom stereocenters. The second-order valence-electron chi connectivity index (χ2n) is 7.66. The number of esters is 2.